The molecule has 1 aliphatic carbocycles. The summed E-state index contributed by atoms with van der Waals surface area (Å²) in [5.74, 6) is 0.281. The zero-order chi connectivity index (χ0) is 21.0. The fraction of sp³-hybridized carbons (Fsp3) is 0.500. The molecule has 1 aromatic carbocycles. The van der Waals surface area contributed by atoms with Crippen LogP contribution in [0.4, 0.5) is 0 Å². The summed E-state index contributed by atoms with van der Waals surface area (Å²) in [5.41, 5.74) is 6.07. The molecule has 5 heteroatoms. The summed E-state index contributed by atoms with van der Waals surface area (Å²) in [4.78, 5) is 15.7. The van der Waals surface area contributed by atoms with Crippen LogP contribution in [0.15, 0.2) is 18.2 Å². The molecular formula is C24H31NO4. The van der Waals surface area contributed by atoms with E-state index < -0.39 is 5.97 Å². The smallest absolute Gasteiger partial charge is 0.341 e. The van der Waals surface area contributed by atoms with Crippen LogP contribution in [0.25, 0.3) is 0 Å². The number of carbonyl (C=O) groups is 1. The molecule has 1 heterocycles. The number of nitrogens with zero attached hydrogens (tertiary/aromatic N) is 1. The highest BCUT2D eigenvalue weighted by atomic mass is 16.5. The van der Waals surface area contributed by atoms with E-state index in [4.69, 9.17) is 14.8 Å². The molecule has 0 amide bonds. The number of carboxylic acids is 1. The van der Waals surface area contributed by atoms with E-state index in [1.807, 2.05) is 32.9 Å². The normalized spacial score (nSPS) is 15.1. The Bertz CT molecular complexity index is 883. The van der Waals surface area contributed by atoms with E-state index in [1.54, 1.807) is 6.07 Å². The Kier molecular flexibility index (Phi) is 6.78. The average molecular weight is 398 g/mol. The van der Waals surface area contributed by atoms with Crippen molar-refractivity contribution in [1.29, 1.82) is 0 Å². The van der Waals surface area contributed by atoms with Crippen molar-refractivity contribution in [1.82, 2.24) is 4.98 Å². The third-order valence-corrected chi connectivity index (χ3v) is 6.12. The number of hydrogen-bond acceptors (Lipinski definition) is 4. The molecule has 29 heavy (non-hydrogen) atoms. The summed E-state index contributed by atoms with van der Waals surface area (Å²) < 4.78 is 5.44. The minimum Gasteiger partial charge on any atom is -0.506 e. The summed E-state index contributed by atoms with van der Waals surface area (Å²) >= 11 is 0. The number of aromatic hydroxyl groups is 1. The predicted molar refractivity (Wildman–Crippen MR) is 113 cm³/mol. The van der Waals surface area contributed by atoms with E-state index in [0.717, 1.165) is 40.9 Å². The molecule has 1 saturated carbocycles. The highest BCUT2D eigenvalue weighted by Gasteiger charge is 2.20. The molecule has 0 atom stereocenters. The van der Waals surface area contributed by atoms with Gasteiger partial charge in [0.05, 0.1) is 5.69 Å². The largest absolute Gasteiger partial charge is 0.506 e. The monoisotopic (exact) mass is 397 g/mol. The Morgan fingerprint density at radius 3 is 2.45 bits per heavy atom. The maximum Gasteiger partial charge on any atom is 0.341 e. The van der Waals surface area contributed by atoms with Crippen molar-refractivity contribution in [3.05, 3.63) is 51.8 Å². The Labute approximate surface area is 172 Å². The predicted octanol–water partition coefficient (Wildman–Crippen LogP) is 5.20. The Morgan fingerprint density at radius 2 is 1.79 bits per heavy atom. The van der Waals surface area contributed by atoms with Gasteiger partial charge >= 0.3 is 5.97 Å². The molecule has 1 aromatic heterocycles. The molecule has 5 nitrogen and oxygen atoms in total. The van der Waals surface area contributed by atoms with E-state index in [0.29, 0.717) is 23.8 Å². The minimum absolute atomic E-state index is 0.308. The quantitative estimate of drug-likeness (QED) is 0.655. The van der Waals surface area contributed by atoms with Crippen LogP contribution in [0.3, 0.4) is 0 Å². The molecule has 0 radical (unpaired) electrons. The van der Waals surface area contributed by atoms with Crippen LogP contribution in [0, 0.1) is 20.8 Å². The summed E-state index contributed by atoms with van der Waals surface area (Å²) in [6.45, 7) is 5.67. The molecule has 1 aliphatic rings. The average Bonchev–Trinajstić information content (AvgIpc) is 2.97. The van der Waals surface area contributed by atoms with Gasteiger partial charge in [-0.25, -0.2) is 4.79 Å². The molecule has 0 unspecified atom stereocenters. The molecule has 2 N–H and O–H groups in total. The van der Waals surface area contributed by atoms with E-state index in [1.165, 1.54) is 31.2 Å². The third-order valence-electron chi connectivity index (χ3n) is 6.12. The summed E-state index contributed by atoms with van der Waals surface area (Å²) in [6.07, 6.45) is 7.80. The molecule has 156 valence electrons. The summed E-state index contributed by atoms with van der Waals surface area (Å²) in [5, 5.41) is 19.3. The number of aryl methyl sites for hydroxylation is 1. The van der Waals surface area contributed by atoms with Gasteiger partial charge in [-0.3, -0.25) is 4.98 Å². The first kappa shape index (κ1) is 21.2. The number of carboxylic acid groups (broad SMARTS) is 1. The maximum atomic E-state index is 10.8. The van der Waals surface area contributed by atoms with Crippen LogP contribution in [0.2, 0.25) is 0 Å². The second kappa shape index (κ2) is 9.29. The molecule has 3 rings (SSSR count). The van der Waals surface area contributed by atoms with Gasteiger partial charge in [0.1, 0.15) is 11.5 Å². The lowest BCUT2D eigenvalue weighted by molar-refractivity contribution is -0.139. The molecule has 1 fully saturated rings. The standard InChI is InChI=1S/C24H31NO4/c1-15-12-22(29-14-23(27)28)17(3)16(2)20(15)13-19-10-11-21(26)24(25-19)18-8-6-4-5-7-9-18/h10-12,18,26H,4-9,13-14H2,1-3H3,(H,27,28). The van der Waals surface area contributed by atoms with Crippen LogP contribution in [0.5, 0.6) is 11.5 Å². The summed E-state index contributed by atoms with van der Waals surface area (Å²) in [7, 11) is 0. The molecule has 0 aliphatic heterocycles. The number of hydrogen-bond donors (Lipinski definition) is 2. The van der Waals surface area contributed by atoms with Gasteiger partial charge < -0.3 is 14.9 Å². The second-order valence-electron chi connectivity index (χ2n) is 8.17. The molecular weight excluding hydrogens is 366 g/mol. The highest BCUT2D eigenvalue weighted by molar-refractivity contribution is 5.68. The van der Waals surface area contributed by atoms with E-state index in [-0.39, 0.29) is 6.61 Å². The van der Waals surface area contributed by atoms with Crippen molar-refractivity contribution in [2.24, 2.45) is 0 Å². The van der Waals surface area contributed by atoms with Gasteiger partial charge in [-0.05, 0) is 74.1 Å². The number of rotatable bonds is 6. The van der Waals surface area contributed by atoms with Crippen LogP contribution in [-0.4, -0.2) is 27.8 Å². The number of aromatic nitrogens is 1. The van der Waals surface area contributed by atoms with Crippen molar-refractivity contribution >= 4 is 5.97 Å². The van der Waals surface area contributed by atoms with Gasteiger partial charge in [-0.15, -0.1) is 0 Å². The van der Waals surface area contributed by atoms with Crippen molar-refractivity contribution < 1.29 is 19.7 Å². The molecule has 2 aromatic rings. The first-order chi connectivity index (χ1) is 13.9. The molecule has 0 spiro atoms. The zero-order valence-corrected chi connectivity index (χ0v) is 17.6. The van der Waals surface area contributed by atoms with Gasteiger partial charge in [0.2, 0.25) is 0 Å². The SMILES string of the molecule is Cc1cc(OCC(=O)O)c(C)c(C)c1Cc1ccc(O)c(C2CCCCCC2)n1. The number of ether oxygens (including phenoxy) is 1. The highest BCUT2D eigenvalue weighted by Crippen LogP contribution is 2.36. The fourth-order valence-electron chi connectivity index (χ4n) is 4.30. The van der Waals surface area contributed by atoms with Crippen LogP contribution >= 0.6 is 0 Å². The van der Waals surface area contributed by atoms with Crippen LogP contribution < -0.4 is 4.74 Å². The maximum absolute atomic E-state index is 10.8. The second-order valence-corrected chi connectivity index (χ2v) is 8.17. The Balaban J connectivity index is 1.87. The lowest BCUT2D eigenvalue weighted by Gasteiger charge is -2.19. The Hall–Kier alpha value is -2.56. The number of aliphatic carboxylic acids is 1. The number of benzene rings is 1. The van der Waals surface area contributed by atoms with E-state index in [9.17, 15) is 9.90 Å². The lowest BCUT2D eigenvalue weighted by atomic mass is 9.92. The summed E-state index contributed by atoms with van der Waals surface area (Å²) in [6, 6.07) is 5.59. The van der Waals surface area contributed by atoms with Crippen LogP contribution in [0.1, 0.15) is 78.1 Å². The van der Waals surface area contributed by atoms with E-state index >= 15 is 0 Å². The van der Waals surface area contributed by atoms with Gasteiger partial charge in [0.15, 0.2) is 6.61 Å². The number of pyridine rings is 1. The third kappa shape index (κ3) is 5.08. The topological polar surface area (TPSA) is 79.7 Å². The van der Waals surface area contributed by atoms with Gasteiger partial charge in [-0.1, -0.05) is 25.7 Å². The van der Waals surface area contributed by atoms with Gasteiger partial charge in [-0.2, -0.15) is 0 Å². The first-order valence-electron chi connectivity index (χ1n) is 10.5. The van der Waals surface area contributed by atoms with Gasteiger partial charge in [0.25, 0.3) is 0 Å². The minimum atomic E-state index is -0.983. The zero-order valence-electron chi connectivity index (χ0n) is 17.6. The van der Waals surface area contributed by atoms with Gasteiger partial charge in [0, 0.05) is 18.0 Å². The first-order valence-corrected chi connectivity index (χ1v) is 10.5. The van der Waals surface area contributed by atoms with Crippen molar-refractivity contribution in [2.75, 3.05) is 6.61 Å². The van der Waals surface area contributed by atoms with Crippen molar-refractivity contribution in [3.8, 4) is 11.5 Å². The molecule has 0 bridgehead atoms. The molecule has 0 saturated heterocycles. The van der Waals surface area contributed by atoms with Crippen molar-refractivity contribution in [3.63, 3.8) is 0 Å². The lowest BCUT2D eigenvalue weighted by Crippen LogP contribution is -2.11. The van der Waals surface area contributed by atoms with Crippen molar-refractivity contribution in [2.45, 2.75) is 71.6 Å². The Morgan fingerprint density at radius 1 is 1.10 bits per heavy atom. The van der Waals surface area contributed by atoms with Crippen LogP contribution in [-0.2, 0) is 11.2 Å². The van der Waals surface area contributed by atoms with E-state index in [2.05, 4.69) is 0 Å². The fourth-order valence-corrected chi connectivity index (χ4v) is 4.30.